The molecule has 8 heteroatoms. The number of ether oxygens (including phenoxy) is 3. The average Bonchev–Trinajstić information content (AvgIpc) is 2.70. The standard InChI is InChI=1S/C22H20O8/c1-5-6-13-7-12-8-17(24)22(3,20(26)14(12)10-29-13)30-21(27)18-11(2)19(25)15(23)9-16(18)28-4/h5-10,23,25H,1-4H3/b6-5-/t22-/m0/s1. The van der Waals surface area contributed by atoms with Crippen molar-refractivity contribution in [1.82, 2.24) is 0 Å². The minimum atomic E-state index is -2.13. The third-order valence-corrected chi connectivity index (χ3v) is 4.90. The predicted molar refractivity (Wildman–Crippen MR) is 105 cm³/mol. The summed E-state index contributed by atoms with van der Waals surface area (Å²) < 4.78 is 15.8. The van der Waals surface area contributed by atoms with E-state index in [1.165, 1.54) is 39.4 Å². The Morgan fingerprint density at radius 1 is 1.23 bits per heavy atom. The van der Waals surface area contributed by atoms with Crippen LogP contribution in [0.15, 0.2) is 53.5 Å². The molecule has 1 aromatic carbocycles. The van der Waals surface area contributed by atoms with Gasteiger partial charge in [-0.15, -0.1) is 0 Å². The number of ketones is 2. The van der Waals surface area contributed by atoms with E-state index in [9.17, 15) is 24.6 Å². The van der Waals surface area contributed by atoms with Crippen LogP contribution in [-0.4, -0.2) is 40.5 Å². The summed E-state index contributed by atoms with van der Waals surface area (Å²) in [5, 5.41) is 19.7. The summed E-state index contributed by atoms with van der Waals surface area (Å²) in [4.78, 5) is 38.7. The molecule has 1 aliphatic heterocycles. The van der Waals surface area contributed by atoms with E-state index in [4.69, 9.17) is 14.2 Å². The van der Waals surface area contributed by atoms with E-state index in [-0.39, 0.29) is 22.4 Å². The van der Waals surface area contributed by atoms with Crippen LogP contribution >= 0.6 is 0 Å². The van der Waals surface area contributed by atoms with Crippen LogP contribution < -0.4 is 4.74 Å². The minimum absolute atomic E-state index is 0.0217. The minimum Gasteiger partial charge on any atom is -0.504 e. The maximum atomic E-state index is 13.0. The summed E-state index contributed by atoms with van der Waals surface area (Å²) in [7, 11) is 1.26. The van der Waals surface area contributed by atoms with Gasteiger partial charge >= 0.3 is 5.97 Å². The maximum absolute atomic E-state index is 13.0. The number of rotatable bonds is 4. The lowest BCUT2D eigenvalue weighted by atomic mass is 9.80. The fraction of sp³-hybridized carbons (Fsp3) is 0.227. The second-order valence-corrected chi connectivity index (χ2v) is 6.86. The van der Waals surface area contributed by atoms with E-state index in [1.54, 1.807) is 19.1 Å². The molecule has 0 unspecified atom stereocenters. The predicted octanol–water partition coefficient (Wildman–Crippen LogP) is 2.78. The van der Waals surface area contributed by atoms with E-state index in [0.29, 0.717) is 11.3 Å². The third kappa shape index (κ3) is 3.26. The molecule has 0 fully saturated rings. The number of allylic oxidation sites excluding steroid dienone is 4. The molecule has 2 N–H and O–H groups in total. The van der Waals surface area contributed by atoms with E-state index >= 15 is 0 Å². The molecule has 0 amide bonds. The van der Waals surface area contributed by atoms with Crippen molar-refractivity contribution in [3.05, 3.63) is 64.7 Å². The highest BCUT2D eigenvalue weighted by Crippen LogP contribution is 2.39. The highest BCUT2D eigenvalue weighted by atomic mass is 16.6. The number of methoxy groups -OCH3 is 1. The number of phenolic OH excluding ortho intramolecular Hbond substituents is 2. The van der Waals surface area contributed by atoms with Crippen LogP contribution in [0.5, 0.6) is 17.2 Å². The Bertz CT molecular complexity index is 1090. The Hall–Kier alpha value is -3.81. The van der Waals surface area contributed by atoms with Gasteiger partial charge < -0.3 is 24.4 Å². The number of Topliss-reactive ketones (excluding diaryl/α,β-unsaturated/α-hetero) is 1. The van der Waals surface area contributed by atoms with Gasteiger partial charge in [-0.2, -0.15) is 0 Å². The normalized spacial score (nSPS) is 20.7. The topological polar surface area (TPSA) is 119 Å². The number of fused-ring (bicyclic) bond motifs is 1. The molecule has 1 aromatic rings. The Kier molecular flexibility index (Phi) is 5.26. The van der Waals surface area contributed by atoms with Gasteiger partial charge in [0.1, 0.15) is 23.3 Å². The molecular weight excluding hydrogens is 392 g/mol. The van der Waals surface area contributed by atoms with E-state index in [0.717, 1.165) is 6.07 Å². The number of phenols is 2. The Morgan fingerprint density at radius 3 is 2.57 bits per heavy atom. The summed E-state index contributed by atoms with van der Waals surface area (Å²) >= 11 is 0. The number of carbonyl (C=O) groups is 3. The average molecular weight is 412 g/mol. The molecule has 1 aliphatic carbocycles. The molecule has 1 atom stereocenters. The van der Waals surface area contributed by atoms with Crippen molar-refractivity contribution >= 4 is 17.5 Å². The van der Waals surface area contributed by atoms with Gasteiger partial charge in [-0.3, -0.25) is 9.59 Å². The monoisotopic (exact) mass is 412 g/mol. The molecule has 8 nitrogen and oxygen atoms in total. The van der Waals surface area contributed by atoms with Gasteiger partial charge in [0, 0.05) is 11.6 Å². The van der Waals surface area contributed by atoms with E-state index in [1.807, 2.05) is 0 Å². The molecule has 0 saturated carbocycles. The van der Waals surface area contributed by atoms with Gasteiger partial charge in [0.15, 0.2) is 11.5 Å². The lowest BCUT2D eigenvalue weighted by Gasteiger charge is -2.31. The first-order valence-electron chi connectivity index (χ1n) is 8.99. The second-order valence-electron chi connectivity index (χ2n) is 6.86. The fourth-order valence-electron chi connectivity index (χ4n) is 3.17. The van der Waals surface area contributed by atoms with E-state index in [2.05, 4.69) is 0 Å². The zero-order chi connectivity index (χ0) is 22.2. The number of carbonyl (C=O) groups excluding carboxylic acids is 3. The van der Waals surface area contributed by atoms with Crippen molar-refractivity contribution in [3.8, 4) is 17.2 Å². The van der Waals surface area contributed by atoms with Crippen LogP contribution in [0.25, 0.3) is 0 Å². The van der Waals surface area contributed by atoms with Crippen molar-refractivity contribution < 1.29 is 38.8 Å². The highest BCUT2D eigenvalue weighted by molar-refractivity contribution is 6.26. The quantitative estimate of drug-likeness (QED) is 0.440. The fourth-order valence-corrected chi connectivity index (χ4v) is 3.17. The summed E-state index contributed by atoms with van der Waals surface area (Å²) in [6, 6.07) is 1.04. The second kappa shape index (κ2) is 7.55. The molecular formula is C22H20O8. The first-order valence-corrected chi connectivity index (χ1v) is 8.99. The summed E-state index contributed by atoms with van der Waals surface area (Å²) in [5.41, 5.74) is -1.92. The van der Waals surface area contributed by atoms with Crippen molar-refractivity contribution in [2.24, 2.45) is 0 Å². The molecule has 156 valence electrons. The molecule has 1 heterocycles. The van der Waals surface area contributed by atoms with Gasteiger partial charge in [-0.1, -0.05) is 6.08 Å². The summed E-state index contributed by atoms with van der Waals surface area (Å²) in [6.45, 7) is 4.35. The molecule has 0 radical (unpaired) electrons. The van der Waals surface area contributed by atoms with Crippen LogP contribution in [0.2, 0.25) is 0 Å². The molecule has 3 rings (SSSR count). The largest absolute Gasteiger partial charge is 0.504 e. The number of benzene rings is 1. The molecule has 0 bridgehead atoms. The van der Waals surface area contributed by atoms with Crippen LogP contribution in [0, 0.1) is 6.92 Å². The summed E-state index contributed by atoms with van der Waals surface area (Å²) in [6.07, 6.45) is 7.37. The smallest absolute Gasteiger partial charge is 0.343 e. The van der Waals surface area contributed by atoms with Gasteiger partial charge in [-0.05, 0) is 44.6 Å². The van der Waals surface area contributed by atoms with Gasteiger partial charge in [0.25, 0.3) is 0 Å². The van der Waals surface area contributed by atoms with Gasteiger partial charge in [0.2, 0.25) is 17.2 Å². The van der Waals surface area contributed by atoms with Crippen molar-refractivity contribution in [3.63, 3.8) is 0 Å². The van der Waals surface area contributed by atoms with Crippen molar-refractivity contribution in [2.75, 3.05) is 7.11 Å². The molecule has 0 saturated heterocycles. The number of esters is 1. The molecule has 0 spiro atoms. The number of aromatic hydroxyl groups is 2. The van der Waals surface area contributed by atoms with Crippen LogP contribution in [0.3, 0.4) is 0 Å². The van der Waals surface area contributed by atoms with Crippen molar-refractivity contribution in [1.29, 1.82) is 0 Å². The Balaban J connectivity index is 2.00. The molecule has 2 aliphatic rings. The Labute approximate surface area is 172 Å². The zero-order valence-electron chi connectivity index (χ0n) is 16.8. The van der Waals surface area contributed by atoms with Crippen LogP contribution in [0.1, 0.15) is 29.8 Å². The van der Waals surface area contributed by atoms with Crippen molar-refractivity contribution in [2.45, 2.75) is 26.4 Å². The lowest BCUT2D eigenvalue weighted by Crippen LogP contribution is -2.50. The highest BCUT2D eigenvalue weighted by Gasteiger charge is 2.50. The number of hydrogen-bond donors (Lipinski definition) is 2. The van der Waals surface area contributed by atoms with Crippen LogP contribution in [-0.2, 0) is 19.1 Å². The molecule has 0 aromatic heterocycles. The Morgan fingerprint density at radius 2 is 1.93 bits per heavy atom. The van der Waals surface area contributed by atoms with Gasteiger partial charge in [-0.25, -0.2) is 4.79 Å². The number of hydrogen-bond acceptors (Lipinski definition) is 8. The van der Waals surface area contributed by atoms with E-state index < -0.39 is 34.6 Å². The summed E-state index contributed by atoms with van der Waals surface area (Å²) in [5.74, 6) is -3.18. The lowest BCUT2D eigenvalue weighted by molar-refractivity contribution is -0.145. The third-order valence-electron chi connectivity index (χ3n) is 4.90. The molecule has 30 heavy (non-hydrogen) atoms. The maximum Gasteiger partial charge on any atom is 0.343 e. The van der Waals surface area contributed by atoms with Crippen LogP contribution in [0.4, 0.5) is 0 Å². The van der Waals surface area contributed by atoms with Gasteiger partial charge in [0.05, 0.1) is 12.7 Å². The zero-order valence-corrected chi connectivity index (χ0v) is 16.8. The SMILES string of the molecule is C/C=C\C1=CC2=CC(=O)[C@](C)(OC(=O)c3c(OC)cc(O)c(O)c3C)C(=O)C2=CO1. The first kappa shape index (κ1) is 20.9. The first-order chi connectivity index (χ1) is 14.1.